The second-order valence-electron chi connectivity index (χ2n) is 5.38. The molecule has 6 nitrogen and oxygen atoms in total. The number of aromatic nitrogens is 3. The van der Waals surface area contributed by atoms with E-state index in [0.717, 1.165) is 0 Å². The highest BCUT2D eigenvalue weighted by molar-refractivity contribution is 5.39. The third kappa shape index (κ3) is 2.71. The van der Waals surface area contributed by atoms with Gasteiger partial charge in [-0.25, -0.2) is 0 Å². The number of hydrogen-bond acceptors (Lipinski definition) is 6. The van der Waals surface area contributed by atoms with Crippen LogP contribution in [-0.2, 0) is 0 Å². The summed E-state index contributed by atoms with van der Waals surface area (Å²) in [6, 6.07) is 0. The zero-order chi connectivity index (χ0) is 12.6. The van der Waals surface area contributed by atoms with Gasteiger partial charge in [0.15, 0.2) is 0 Å². The van der Waals surface area contributed by atoms with Crippen molar-refractivity contribution in [3.8, 4) is 0 Å². The minimum Gasteiger partial charge on any atom is -0.368 e. The highest BCUT2D eigenvalue weighted by atomic mass is 15.2. The van der Waals surface area contributed by atoms with Crippen molar-refractivity contribution < 1.29 is 0 Å². The first-order chi connectivity index (χ1) is 7.12. The summed E-state index contributed by atoms with van der Waals surface area (Å²) in [5.41, 5.74) is 10.9. The zero-order valence-electron chi connectivity index (χ0n) is 10.5. The molecule has 0 unspecified atom stereocenters. The molecule has 6 heteroatoms. The minimum absolute atomic E-state index is 0.0448. The van der Waals surface area contributed by atoms with Crippen LogP contribution in [0.1, 0.15) is 34.6 Å². The molecule has 1 rings (SSSR count). The van der Waals surface area contributed by atoms with E-state index in [1.54, 1.807) is 0 Å². The van der Waals surface area contributed by atoms with Crippen LogP contribution in [0.2, 0.25) is 0 Å². The van der Waals surface area contributed by atoms with Crippen LogP contribution in [0.15, 0.2) is 0 Å². The van der Waals surface area contributed by atoms with E-state index in [4.69, 9.17) is 11.5 Å². The van der Waals surface area contributed by atoms with Gasteiger partial charge in [-0.2, -0.15) is 15.0 Å². The SMILES string of the molecule is CC(C)(C)C(C)(C)Nc1nc(N)nc(N)n1. The Morgan fingerprint density at radius 1 is 0.875 bits per heavy atom. The van der Waals surface area contributed by atoms with Crippen LogP contribution in [0.25, 0.3) is 0 Å². The van der Waals surface area contributed by atoms with Gasteiger partial charge >= 0.3 is 0 Å². The standard InChI is InChI=1S/C10H20N6/c1-9(2,3)10(4,5)16-8-14-6(11)13-7(12)15-8/h1-5H3,(H5,11,12,13,14,15,16). The normalized spacial score (nSPS) is 12.6. The molecule has 0 radical (unpaired) electrons. The molecule has 5 N–H and O–H groups in total. The summed E-state index contributed by atoms with van der Waals surface area (Å²) in [6.07, 6.45) is 0. The summed E-state index contributed by atoms with van der Waals surface area (Å²) in [5.74, 6) is 0.657. The van der Waals surface area contributed by atoms with E-state index in [1.165, 1.54) is 0 Å². The largest absolute Gasteiger partial charge is 0.368 e. The van der Waals surface area contributed by atoms with E-state index in [9.17, 15) is 0 Å². The summed E-state index contributed by atoms with van der Waals surface area (Å²) >= 11 is 0. The number of rotatable bonds is 2. The lowest BCUT2D eigenvalue weighted by Gasteiger charge is -2.39. The predicted molar refractivity (Wildman–Crippen MR) is 65.8 cm³/mol. The number of nitrogens with two attached hydrogens (primary N) is 2. The number of nitrogen functional groups attached to an aromatic ring is 2. The second kappa shape index (κ2) is 3.77. The maximum absolute atomic E-state index is 5.51. The number of hydrogen-bond donors (Lipinski definition) is 3. The molecule has 0 aromatic carbocycles. The van der Waals surface area contributed by atoms with Crippen LogP contribution in [0.4, 0.5) is 17.8 Å². The Hall–Kier alpha value is -1.59. The lowest BCUT2D eigenvalue weighted by atomic mass is 9.76. The first-order valence-corrected chi connectivity index (χ1v) is 5.17. The van der Waals surface area contributed by atoms with Gasteiger partial charge in [-0.3, -0.25) is 0 Å². The summed E-state index contributed by atoms with van der Waals surface area (Å²) in [4.78, 5) is 11.7. The molecule has 1 heterocycles. The smallest absolute Gasteiger partial charge is 0.229 e. The van der Waals surface area contributed by atoms with Crippen LogP contribution in [0.5, 0.6) is 0 Å². The Balaban J connectivity index is 2.96. The van der Waals surface area contributed by atoms with E-state index >= 15 is 0 Å². The van der Waals surface area contributed by atoms with E-state index in [-0.39, 0.29) is 22.9 Å². The van der Waals surface area contributed by atoms with Gasteiger partial charge in [0.1, 0.15) is 0 Å². The highest BCUT2D eigenvalue weighted by Crippen LogP contribution is 2.32. The van der Waals surface area contributed by atoms with Crippen molar-refractivity contribution in [3.63, 3.8) is 0 Å². The van der Waals surface area contributed by atoms with Crippen LogP contribution in [-0.4, -0.2) is 20.5 Å². The Morgan fingerprint density at radius 3 is 1.69 bits per heavy atom. The highest BCUT2D eigenvalue weighted by Gasteiger charge is 2.33. The van der Waals surface area contributed by atoms with Crippen molar-refractivity contribution in [1.82, 2.24) is 15.0 Å². The van der Waals surface area contributed by atoms with Gasteiger partial charge < -0.3 is 16.8 Å². The minimum atomic E-state index is -0.187. The average Bonchev–Trinajstić information content (AvgIpc) is 1.97. The van der Waals surface area contributed by atoms with Crippen LogP contribution >= 0.6 is 0 Å². The van der Waals surface area contributed by atoms with Gasteiger partial charge in [-0.05, 0) is 19.3 Å². The summed E-state index contributed by atoms with van der Waals surface area (Å²) in [7, 11) is 0. The van der Waals surface area contributed by atoms with Crippen molar-refractivity contribution in [2.45, 2.75) is 40.2 Å². The molecule has 1 aromatic heterocycles. The van der Waals surface area contributed by atoms with Gasteiger partial charge in [-0.1, -0.05) is 20.8 Å². The average molecular weight is 224 g/mol. The zero-order valence-corrected chi connectivity index (χ0v) is 10.5. The maximum Gasteiger partial charge on any atom is 0.229 e. The first-order valence-electron chi connectivity index (χ1n) is 5.17. The van der Waals surface area contributed by atoms with Gasteiger partial charge in [0.25, 0.3) is 0 Å². The molecule has 0 amide bonds. The third-order valence-electron chi connectivity index (χ3n) is 2.97. The molecule has 0 saturated carbocycles. The molecule has 0 spiro atoms. The van der Waals surface area contributed by atoms with E-state index < -0.39 is 0 Å². The third-order valence-corrected chi connectivity index (χ3v) is 2.97. The molecular formula is C10H20N6. The topological polar surface area (TPSA) is 103 Å². The van der Waals surface area contributed by atoms with Crippen LogP contribution in [0.3, 0.4) is 0 Å². The quantitative estimate of drug-likeness (QED) is 0.699. The monoisotopic (exact) mass is 224 g/mol. The van der Waals surface area contributed by atoms with E-state index in [0.29, 0.717) is 5.95 Å². The van der Waals surface area contributed by atoms with Crippen molar-refractivity contribution in [2.75, 3.05) is 16.8 Å². The number of nitrogens with one attached hydrogen (secondary N) is 1. The first kappa shape index (κ1) is 12.5. The Kier molecular flexibility index (Phi) is 2.94. The molecule has 0 fully saturated rings. The Morgan fingerprint density at radius 2 is 1.31 bits per heavy atom. The summed E-state index contributed by atoms with van der Waals surface area (Å²) in [5, 5.41) is 3.22. The van der Waals surface area contributed by atoms with Crippen LogP contribution in [0, 0.1) is 5.41 Å². The second-order valence-corrected chi connectivity index (χ2v) is 5.38. The molecule has 0 saturated heterocycles. The molecule has 0 bridgehead atoms. The molecule has 0 aliphatic rings. The maximum atomic E-state index is 5.51. The summed E-state index contributed by atoms with van der Waals surface area (Å²) < 4.78 is 0. The van der Waals surface area contributed by atoms with Crippen molar-refractivity contribution in [3.05, 3.63) is 0 Å². The fourth-order valence-corrected chi connectivity index (χ4v) is 0.932. The van der Waals surface area contributed by atoms with Gasteiger partial charge in [0.05, 0.1) is 0 Å². The van der Waals surface area contributed by atoms with Gasteiger partial charge in [-0.15, -0.1) is 0 Å². The van der Waals surface area contributed by atoms with Gasteiger partial charge in [0, 0.05) is 5.54 Å². The molecular weight excluding hydrogens is 204 g/mol. The predicted octanol–water partition coefficient (Wildman–Crippen LogP) is 1.27. The fourth-order valence-electron chi connectivity index (χ4n) is 0.932. The molecule has 16 heavy (non-hydrogen) atoms. The van der Waals surface area contributed by atoms with E-state index in [1.807, 2.05) is 0 Å². The van der Waals surface area contributed by atoms with Crippen molar-refractivity contribution in [1.29, 1.82) is 0 Å². The fraction of sp³-hybridized carbons (Fsp3) is 0.700. The molecule has 1 aromatic rings. The molecule has 0 aliphatic heterocycles. The Bertz CT molecular complexity index is 359. The summed E-state index contributed by atoms with van der Waals surface area (Å²) in [6.45, 7) is 10.5. The molecule has 0 atom stereocenters. The number of anilines is 3. The Labute approximate surface area is 95.9 Å². The van der Waals surface area contributed by atoms with Crippen molar-refractivity contribution in [2.24, 2.45) is 5.41 Å². The van der Waals surface area contributed by atoms with Crippen molar-refractivity contribution >= 4 is 17.8 Å². The van der Waals surface area contributed by atoms with Gasteiger partial charge in [0.2, 0.25) is 17.8 Å². The lowest BCUT2D eigenvalue weighted by molar-refractivity contribution is 0.253. The number of nitrogens with zero attached hydrogens (tertiary/aromatic N) is 3. The van der Waals surface area contributed by atoms with E-state index in [2.05, 4.69) is 54.9 Å². The lowest BCUT2D eigenvalue weighted by Crippen LogP contribution is -2.44. The molecule has 0 aliphatic carbocycles. The molecule has 90 valence electrons. The van der Waals surface area contributed by atoms with Crippen LogP contribution < -0.4 is 16.8 Å².